The van der Waals surface area contributed by atoms with Crippen LogP contribution in [0.4, 0.5) is 0 Å². The maximum absolute atomic E-state index is 10.6. The first-order valence-electron chi connectivity index (χ1n) is 2.90. The third-order valence-corrected chi connectivity index (χ3v) is 0.886. The third-order valence-electron chi connectivity index (χ3n) is 0.737. The summed E-state index contributed by atoms with van der Waals surface area (Å²) in [6, 6.07) is 0. The van der Waals surface area contributed by atoms with Crippen LogP contribution in [0, 0.1) is 0 Å². The normalized spacial score (nSPS) is 9.40. The summed E-state index contributed by atoms with van der Waals surface area (Å²) < 4.78 is 8.30. The van der Waals surface area contributed by atoms with Crippen LogP contribution in [-0.2, 0) is 9.53 Å². The van der Waals surface area contributed by atoms with E-state index < -0.39 is 0 Å². The molecular weight excluding hydrogens is 150 g/mol. The van der Waals surface area contributed by atoms with Crippen molar-refractivity contribution in [3.05, 3.63) is 0 Å². The molecule has 0 heterocycles. The van der Waals surface area contributed by atoms with Crippen LogP contribution in [-0.4, -0.2) is 26.3 Å². The van der Waals surface area contributed by atoms with E-state index in [2.05, 4.69) is 19.3 Å². The van der Waals surface area contributed by atoms with Crippen LogP contribution in [0.3, 0.4) is 0 Å². The van der Waals surface area contributed by atoms with Gasteiger partial charge in [0.1, 0.15) is 0 Å². The molecule has 0 aliphatic carbocycles. The van der Waals surface area contributed by atoms with Crippen molar-refractivity contribution in [2.24, 2.45) is 4.67 Å². The molecule has 0 aliphatic rings. The van der Waals surface area contributed by atoms with E-state index in [1.807, 2.05) is 6.92 Å². The number of carbonyl (C=O) groups excluding carboxylic acids is 1. The Morgan fingerprint density at radius 2 is 2.60 bits per heavy atom. The van der Waals surface area contributed by atoms with E-state index in [-0.39, 0.29) is 12.5 Å². The van der Waals surface area contributed by atoms with Crippen molar-refractivity contribution in [2.75, 3.05) is 13.2 Å². The molecule has 0 fully saturated rings. The fourth-order valence-corrected chi connectivity index (χ4v) is 0.420. The van der Waals surface area contributed by atoms with Gasteiger partial charge in [-0.1, -0.05) is 0 Å². The molecule has 1 N–H and O–H groups in total. The standard InChI is InChI=1S/C4H10BN2O2P/c1-2-9-3-4(8)6-5-7-10/h2-3,10H2,1H3,(H,6,8). The van der Waals surface area contributed by atoms with E-state index in [0.717, 1.165) is 0 Å². The van der Waals surface area contributed by atoms with Gasteiger partial charge < -0.3 is 0 Å². The molecule has 0 aromatic carbocycles. The molecule has 1 amide bonds. The molecule has 1 atom stereocenters. The summed E-state index contributed by atoms with van der Waals surface area (Å²) in [5, 5.41) is 2.39. The number of amides is 1. The summed E-state index contributed by atoms with van der Waals surface area (Å²) in [4.78, 5) is 10.6. The minimum atomic E-state index is -0.187. The van der Waals surface area contributed by atoms with Gasteiger partial charge in [0.15, 0.2) is 0 Å². The van der Waals surface area contributed by atoms with Crippen LogP contribution in [0.25, 0.3) is 0 Å². The SMILES string of the molecule is CCOCC(=O)N/B=N/P. The van der Waals surface area contributed by atoms with Crippen LogP contribution < -0.4 is 5.23 Å². The van der Waals surface area contributed by atoms with Gasteiger partial charge in [-0.2, -0.15) is 0 Å². The number of hydrogen-bond acceptors (Lipinski definition) is 3. The van der Waals surface area contributed by atoms with Crippen molar-refractivity contribution in [3.8, 4) is 0 Å². The summed E-state index contributed by atoms with van der Waals surface area (Å²) in [5.41, 5.74) is 0. The summed E-state index contributed by atoms with van der Waals surface area (Å²) in [6.07, 6.45) is 0. The number of hydrogen-bond donors (Lipinski definition) is 1. The summed E-state index contributed by atoms with van der Waals surface area (Å²) in [5.74, 6) is -0.187. The zero-order chi connectivity index (χ0) is 7.82. The van der Waals surface area contributed by atoms with Gasteiger partial charge in [-0.05, 0) is 0 Å². The molecule has 56 valence electrons. The number of rotatable bonds is 4. The second kappa shape index (κ2) is 6.84. The van der Waals surface area contributed by atoms with E-state index in [1.165, 1.54) is 7.21 Å². The van der Waals surface area contributed by atoms with Gasteiger partial charge in [-0.15, -0.1) is 0 Å². The average molecular weight is 160 g/mol. The first kappa shape index (κ1) is 9.72. The Balaban J connectivity index is 3.25. The van der Waals surface area contributed by atoms with Gasteiger partial charge in [0.05, 0.1) is 0 Å². The van der Waals surface area contributed by atoms with Crippen LogP contribution in [0.5, 0.6) is 0 Å². The Kier molecular flexibility index (Phi) is 6.65. The molecule has 0 aromatic heterocycles. The van der Waals surface area contributed by atoms with Gasteiger partial charge in [0.2, 0.25) is 0 Å². The number of carbonyl (C=O) groups is 1. The van der Waals surface area contributed by atoms with Crippen molar-refractivity contribution in [2.45, 2.75) is 6.92 Å². The molecule has 0 aliphatic heterocycles. The summed E-state index contributed by atoms with van der Waals surface area (Å²) >= 11 is 0. The monoisotopic (exact) mass is 160 g/mol. The quantitative estimate of drug-likeness (QED) is 0.454. The maximum atomic E-state index is 10.6. The van der Waals surface area contributed by atoms with Crippen LogP contribution in [0.1, 0.15) is 6.92 Å². The molecule has 0 saturated carbocycles. The predicted molar refractivity (Wildman–Crippen MR) is 42.5 cm³/mol. The molecular formula is C4H10BN2O2P. The molecule has 0 saturated heterocycles. The fraction of sp³-hybridized carbons (Fsp3) is 0.750. The molecule has 0 aromatic rings. The van der Waals surface area contributed by atoms with Gasteiger partial charge in [-0.25, -0.2) is 0 Å². The summed E-state index contributed by atoms with van der Waals surface area (Å²) in [7, 11) is 3.40. The Hall–Kier alpha value is -0.275. The first-order valence-corrected chi connectivity index (χ1v) is 3.41. The topological polar surface area (TPSA) is 50.7 Å². The van der Waals surface area contributed by atoms with Gasteiger partial charge in [-0.3, -0.25) is 0 Å². The van der Waals surface area contributed by atoms with Crippen molar-refractivity contribution in [1.29, 1.82) is 0 Å². The molecule has 0 radical (unpaired) electrons. The van der Waals surface area contributed by atoms with Crippen molar-refractivity contribution in [3.63, 3.8) is 0 Å². The zero-order valence-corrected chi connectivity index (χ0v) is 6.99. The molecule has 10 heavy (non-hydrogen) atoms. The van der Waals surface area contributed by atoms with Gasteiger partial charge in [0, 0.05) is 0 Å². The fourth-order valence-electron chi connectivity index (χ4n) is 0.346. The molecule has 0 spiro atoms. The van der Waals surface area contributed by atoms with Crippen LogP contribution in [0.15, 0.2) is 4.67 Å². The van der Waals surface area contributed by atoms with E-state index >= 15 is 0 Å². The molecule has 4 nitrogen and oxygen atoms in total. The third kappa shape index (κ3) is 5.85. The van der Waals surface area contributed by atoms with Crippen molar-refractivity contribution >= 4 is 22.5 Å². The van der Waals surface area contributed by atoms with E-state index in [0.29, 0.717) is 6.61 Å². The molecule has 1 unspecified atom stereocenters. The number of nitrogens with one attached hydrogen (secondary N) is 1. The molecule has 0 bridgehead atoms. The Morgan fingerprint density at radius 3 is 3.10 bits per heavy atom. The Morgan fingerprint density at radius 1 is 1.90 bits per heavy atom. The molecule has 0 rings (SSSR count). The van der Waals surface area contributed by atoms with E-state index in [4.69, 9.17) is 4.74 Å². The Labute approximate surface area is 63.0 Å². The zero-order valence-electron chi connectivity index (χ0n) is 5.83. The summed E-state index contributed by atoms with van der Waals surface area (Å²) in [6.45, 7) is 2.47. The van der Waals surface area contributed by atoms with E-state index in [1.54, 1.807) is 0 Å². The minimum absolute atomic E-state index is 0.0905. The average Bonchev–Trinajstić information content (AvgIpc) is 1.97. The van der Waals surface area contributed by atoms with Crippen LogP contribution >= 0.6 is 9.39 Å². The van der Waals surface area contributed by atoms with Gasteiger partial charge >= 0.3 is 62.1 Å². The number of ether oxygens (including phenoxy) is 1. The second-order valence-corrected chi connectivity index (χ2v) is 1.78. The second-order valence-electron chi connectivity index (χ2n) is 1.48. The predicted octanol–water partition coefficient (Wildman–Crippen LogP) is -0.268. The van der Waals surface area contributed by atoms with Crippen molar-refractivity contribution in [1.82, 2.24) is 5.23 Å². The number of nitrogens with zero attached hydrogens (tertiary/aromatic N) is 1. The van der Waals surface area contributed by atoms with Crippen LogP contribution in [0.2, 0.25) is 0 Å². The van der Waals surface area contributed by atoms with E-state index in [9.17, 15) is 4.79 Å². The Bertz CT molecular complexity index is 130. The van der Waals surface area contributed by atoms with Crippen molar-refractivity contribution < 1.29 is 9.53 Å². The van der Waals surface area contributed by atoms with Gasteiger partial charge in [0.25, 0.3) is 0 Å². The molecule has 6 heteroatoms. The first-order chi connectivity index (χ1) is 4.81.